The summed E-state index contributed by atoms with van der Waals surface area (Å²) in [5, 5.41) is 2.49. The highest BCUT2D eigenvalue weighted by molar-refractivity contribution is 6.20. The van der Waals surface area contributed by atoms with Gasteiger partial charge in [0.2, 0.25) is 5.91 Å². The average Bonchev–Trinajstić information content (AvgIpc) is 2.78. The predicted octanol–water partition coefficient (Wildman–Crippen LogP) is 2.93. The molecule has 0 aliphatic carbocycles. The minimum Gasteiger partial charge on any atom is -0.354 e. The number of benzene rings is 1. The van der Waals surface area contributed by atoms with Crippen LogP contribution in [0.15, 0.2) is 18.2 Å². The van der Waals surface area contributed by atoms with Gasteiger partial charge in [-0.3, -0.25) is 4.79 Å². The Hall–Kier alpha value is -1.62. The molecule has 0 bridgehead atoms. The van der Waals surface area contributed by atoms with Gasteiger partial charge in [0.05, 0.1) is 16.4 Å². The van der Waals surface area contributed by atoms with Crippen molar-refractivity contribution in [2.24, 2.45) is 0 Å². The number of piperidine rings is 1. The van der Waals surface area contributed by atoms with Crippen LogP contribution in [0.1, 0.15) is 37.0 Å². The molecule has 0 spiro atoms. The Morgan fingerprint density at radius 3 is 3.05 bits per heavy atom. The van der Waals surface area contributed by atoms with E-state index in [0.717, 1.165) is 6.42 Å². The van der Waals surface area contributed by atoms with Gasteiger partial charge in [0.15, 0.2) is 0 Å². The van der Waals surface area contributed by atoms with Gasteiger partial charge in [0.1, 0.15) is 17.7 Å². The molecule has 3 rings (SSSR count). The van der Waals surface area contributed by atoms with E-state index in [0.29, 0.717) is 29.8 Å². The number of carbonyl (C=O) groups excluding carboxylic acids is 1. The number of alkyl halides is 1. The summed E-state index contributed by atoms with van der Waals surface area (Å²) in [5.41, 5.74) is 1.28. The Balaban J connectivity index is 2.22. The summed E-state index contributed by atoms with van der Waals surface area (Å²) in [5.74, 6) is 0.205. The highest BCUT2D eigenvalue weighted by Crippen LogP contribution is 2.31. The summed E-state index contributed by atoms with van der Waals surface area (Å²) in [4.78, 5) is 16.5. The van der Waals surface area contributed by atoms with Gasteiger partial charge in [0, 0.05) is 6.54 Å². The fourth-order valence-electron chi connectivity index (χ4n) is 2.70. The van der Waals surface area contributed by atoms with Gasteiger partial charge in [-0.05, 0) is 38.0 Å². The van der Waals surface area contributed by atoms with Crippen molar-refractivity contribution in [2.45, 2.75) is 31.2 Å². The molecule has 1 N–H and O–H groups in total. The summed E-state index contributed by atoms with van der Waals surface area (Å²) >= 11 is 6.18. The molecule has 1 saturated heterocycles. The lowest BCUT2D eigenvalue weighted by molar-refractivity contribution is -0.125. The second kappa shape index (κ2) is 5.05. The van der Waals surface area contributed by atoms with Crippen LogP contribution in [-0.2, 0) is 4.79 Å². The number of carbonyl (C=O) groups is 1. The smallest absolute Gasteiger partial charge is 0.243 e. The zero-order valence-corrected chi connectivity index (χ0v) is 11.8. The molecule has 0 radical (unpaired) electrons. The maximum absolute atomic E-state index is 13.5. The van der Waals surface area contributed by atoms with Crippen LogP contribution >= 0.6 is 11.6 Å². The molecule has 1 fully saturated rings. The number of imidazole rings is 1. The lowest BCUT2D eigenvalue weighted by Gasteiger charge is -2.25. The summed E-state index contributed by atoms with van der Waals surface area (Å²) < 4.78 is 15.3. The summed E-state index contributed by atoms with van der Waals surface area (Å²) in [6.45, 7) is 2.48. The van der Waals surface area contributed by atoms with Crippen LogP contribution in [0.2, 0.25) is 0 Å². The molecule has 106 valence electrons. The van der Waals surface area contributed by atoms with Gasteiger partial charge in [-0.15, -0.1) is 11.6 Å². The fraction of sp³-hybridized carbons (Fsp3) is 0.429. The second-order valence-corrected chi connectivity index (χ2v) is 5.69. The molecular weight excluding hydrogens is 281 g/mol. The van der Waals surface area contributed by atoms with E-state index in [1.165, 1.54) is 12.1 Å². The highest BCUT2D eigenvalue weighted by atomic mass is 35.5. The molecule has 1 amide bonds. The van der Waals surface area contributed by atoms with E-state index in [1.54, 1.807) is 17.6 Å². The molecule has 0 saturated carbocycles. The average molecular weight is 296 g/mol. The van der Waals surface area contributed by atoms with Crippen LogP contribution in [0.5, 0.6) is 0 Å². The van der Waals surface area contributed by atoms with Crippen molar-refractivity contribution < 1.29 is 9.18 Å². The quantitative estimate of drug-likeness (QED) is 0.866. The maximum Gasteiger partial charge on any atom is 0.243 e. The topological polar surface area (TPSA) is 46.9 Å². The van der Waals surface area contributed by atoms with E-state index in [4.69, 9.17) is 11.6 Å². The van der Waals surface area contributed by atoms with Crippen molar-refractivity contribution in [3.05, 3.63) is 29.8 Å². The third kappa shape index (κ3) is 2.16. The van der Waals surface area contributed by atoms with Crippen LogP contribution in [0.3, 0.4) is 0 Å². The minimum atomic E-state index is -0.369. The summed E-state index contributed by atoms with van der Waals surface area (Å²) in [7, 11) is 0. The molecule has 6 heteroatoms. The molecule has 1 aliphatic rings. The number of nitrogens with one attached hydrogen (secondary N) is 1. The van der Waals surface area contributed by atoms with Crippen molar-refractivity contribution in [1.82, 2.24) is 14.9 Å². The van der Waals surface area contributed by atoms with Crippen molar-refractivity contribution >= 4 is 28.5 Å². The zero-order chi connectivity index (χ0) is 14.3. The first-order valence-corrected chi connectivity index (χ1v) is 7.10. The first-order chi connectivity index (χ1) is 9.58. The molecule has 1 aromatic heterocycles. The lowest BCUT2D eigenvalue weighted by Crippen LogP contribution is -2.38. The van der Waals surface area contributed by atoms with E-state index >= 15 is 0 Å². The van der Waals surface area contributed by atoms with Gasteiger partial charge in [-0.2, -0.15) is 0 Å². The van der Waals surface area contributed by atoms with Crippen LogP contribution < -0.4 is 5.32 Å². The lowest BCUT2D eigenvalue weighted by atomic mass is 10.1. The Morgan fingerprint density at radius 1 is 1.55 bits per heavy atom. The van der Waals surface area contributed by atoms with E-state index in [9.17, 15) is 9.18 Å². The number of hydrogen-bond donors (Lipinski definition) is 1. The Bertz CT molecular complexity index is 668. The van der Waals surface area contributed by atoms with Gasteiger partial charge in [-0.1, -0.05) is 0 Å². The normalized spacial score (nSPS) is 20.9. The fourth-order valence-corrected chi connectivity index (χ4v) is 2.85. The number of rotatable bonds is 2. The van der Waals surface area contributed by atoms with Gasteiger partial charge >= 0.3 is 0 Å². The monoisotopic (exact) mass is 295 g/mol. The third-order valence-electron chi connectivity index (χ3n) is 3.60. The Morgan fingerprint density at radius 2 is 2.35 bits per heavy atom. The standard InChI is InChI=1S/C14H15ClFN3O/c1-8(15)13-18-10-5-4-9(16)7-12(10)19(13)11-3-2-6-17-14(11)20/h4-5,7-8,11H,2-3,6H2,1H3,(H,17,20). The van der Waals surface area contributed by atoms with Crippen LogP contribution in [0.4, 0.5) is 4.39 Å². The molecule has 1 aromatic carbocycles. The molecule has 2 atom stereocenters. The Kier molecular flexibility index (Phi) is 3.38. The number of fused-ring (bicyclic) bond motifs is 1. The first-order valence-electron chi connectivity index (χ1n) is 6.67. The molecule has 20 heavy (non-hydrogen) atoms. The van der Waals surface area contributed by atoms with Crippen LogP contribution in [0, 0.1) is 5.82 Å². The molecule has 4 nitrogen and oxygen atoms in total. The van der Waals surface area contributed by atoms with E-state index in [-0.39, 0.29) is 23.1 Å². The summed E-state index contributed by atoms with van der Waals surface area (Å²) in [6, 6.07) is 4.02. The first kappa shape index (κ1) is 13.4. The minimum absolute atomic E-state index is 0.0571. The van der Waals surface area contributed by atoms with Crippen molar-refractivity contribution in [2.75, 3.05) is 6.54 Å². The number of nitrogens with zero attached hydrogens (tertiary/aromatic N) is 2. The SMILES string of the molecule is CC(Cl)c1nc2ccc(F)cc2n1C1CCCNC1=O. The Labute approximate surface area is 120 Å². The summed E-state index contributed by atoms with van der Waals surface area (Å²) in [6.07, 6.45) is 1.60. The van der Waals surface area contributed by atoms with E-state index in [2.05, 4.69) is 10.3 Å². The van der Waals surface area contributed by atoms with Gasteiger partial charge in [0.25, 0.3) is 0 Å². The van der Waals surface area contributed by atoms with Crippen molar-refractivity contribution in [1.29, 1.82) is 0 Å². The number of halogens is 2. The molecule has 2 heterocycles. The van der Waals surface area contributed by atoms with E-state index < -0.39 is 0 Å². The number of hydrogen-bond acceptors (Lipinski definition) is 2. The predicted molar refractivity (Wildman–Crippen MR) is 75.2 cm³/mol. The molecule has 2 unspecified atom stereocenters. The van der Waals surface area contributed by atoms with Crippen molar-refractivity contribution in [3.63, 3.8) is 0 Å². The van der Waals surface area contributed by atoms with E-state index in [1.807, 2.05) is 0 Å². The highest BCUT2D eigenvalue weighted by Gasteiger charge is 2.29. The van der Waals surface area contributed by atoms with Crippen molar-refractivity contribution in [3.8, 4) is 0 Å². The van der Waals surface area contributed by atoms with Gasteiger partial charge in [-0.25, -0.2) is 9.37 Å². The van der Waals surface area contributed by atoms with Crippen LogP contribution in [0.25, 0.3) is 11.0 Å². The third-order valence-corrected chi connectivity index (χ3v) is 3.80. The second-order valence-electron chi connectivity index (χ2n) is 5.04. The largest absolute Gasteiger partial charge is 0.354 e. The number of aromatic nitrogens is 2. The maximum atomic E-state index is 13.5. The van der Waals surface area contributed by atoms with Crippen LogP contribution in [-0.4, -0.2) is 22.0 Å². The number of amides is 1. The molecule has 2 aromatic rings. The zero-order valence-electron chi connectivity index (χ0n) is 11.1. The molecular formula is C14H15ClFN3O. The van der Waals surface area contributed by atoms with Gasteiger partial charge < -0.3 is 9.88 Å². The molecule has 1 aliphatic heterocycles.